The molecule has 0 amide bonds. The molecule has 0 atom stereocenters. The van der Waals surface area contributed by atoms with Crippen LogP contribution in [0.2, 0.25) is 0 Å². The van der Waals surface area contributed by atoms with E-state index >= 15 is 0 Å². The number of halogens is 2. The van der Waals surface area contributed by atoms with Gasteiger partial charge in [0, 0.05) is 24.6 Å². The number of aryl methyl sites for hydroxylation is 1. The molecule has 1 aromatic heterocycles. The van der Waals surface area contributed by atoms with Crippen molar-refractivity contribution in [2.75, 3.05) is 5.73 Å². The number of nitrogens with zero attached hydrogens (tertiary/aromatic N) is 2. The van der Waals surface area contributed by atoms with E-state index in [-0.39, 0.29) is 11.6 Å². The summed E-state index contributed by atoms with van der Waals surface area (Å²) < 4.78 is 31.5. The van der Waals surface area contributed by atoms with Gasteiger partial charge in [0.25, 0.3) is 0 Å². The third-order valence-electron chi connectivity index (χ3n) is 2.55. The molecule has 6 heteroatoms. The van der Waals surface area contributed by atoms with Crippen LogP contribution < -0.4 is 10.5 Å². The standard InChI is InChI=1S/C13H13F2N3O/c1-3-11-17-12(16)7(2)13(18-11)19-10-5-8(14)4-9(15)6-10/h4-6H,3H2,1-2H3,(H2,16,17,18). The number of hydrogen-bond donors (Lipinski definition) is 1. The van der Waals surface area contributed by atoms with Crippen LogP contribution in [0.3, 0.4) is 0 Å². The lowest BCUT2D eigenvalue weighted by Gasteiger charge is -2.10. The van der Waals surface area contributed by atoms with Crippen molar-refractivity contribution in [2.24, 2.45) is 0 Å². The summed E-state index contributed by atoms with van der Waals surface area (Å²) in [7, 11) is 0. The van der Waals surface area contributed by atoms with Crippen molar-refractivity contribution in [3.8, 4) is 11.6 Å². The number of anilines is 1. The van der Waals surface area contributed by atoms with Gasteiger partial charge in [-0.05, 0) is 6.92 Å². The average Bonchev–Trinajstić information content (AvgIpc) is 2.33. The first-order valence-electron chi connectivity index (χ1n) is 5.76. The minimum absolute atomic E-state index is 0.0285. The van der Waals surface area contributed by atoms with Gasteiger partial charge in [0.05, 0.1) is 5.56 Å². The van der Waals surface area contributed by atoms with E-state index in [1.54, 1.807) is 6.92 Å². The van der Waals surface area contributed by atoms with E-state index in [0.29, 0.717) is 23.6 Å². The largest absolute Gasteiger partial charge is 0.438 e. The van der Waals surface area contributed by atoms with Crippen molar-refractivity contribution in [1.82, 2.24) is 9.97 Å². The third-order valence-corrected chi connectivity index (χ3v) is 2.55. The van der Waals surface area contributed by atoms with Crippen LogP contribution in [0.1, 0.15) is 18.3 Å². The molecule has 0 unspecified atom stereocenters. The molecular weight excluding hydrogens is 252 g/mol. The highest BCUT2D eigenvalue weighted by Crippen LogP contribution is 2.26. The Bertz CT molecular complexity index is 597. The Kier molecular flexibility index (Phi) is 3.59. The minimum Gasteiger partial charge on any atom is -0.438 e. The van der Waals surface area contributed by atoms with Gasteiger partial charge in [-0.3, -0.25) is 0 Å². The zero-order chi connectivity index (χ0) is 14.0. The van der Waals surface area contributed by atoms with Crippen LogP contribution >= 0.6 is 0 Å². The summed E-state index contributed by atoms with van der Waals surface area (Å²) in [6.45, 7) is 3.55. The smallest absolute Gasteiger partial charge is 0.227 e. The highest BCUT2D eigenvalue weighted by molar-refractivity contribution is 5.46. The fourth-order valence-electron chi connectivity index (χ4n) is 1.52. The molecule has 19 heavy (non-hydrogen) atoms. The molecule has 4 nitrogen and oxygen atoms in total. The summed E-state index contributed by atoms with van der Waals surface area (Å²) in [6.07, 6.45) is 0.582. The molecule has 0 saturated carbocycles. The first kappa shape index (κ1) is 13.2. The molecule has 0 fully saturated rings. The van der Waals surface area contributed by atoms with Crippen molar-refractivity contribution in [3.05, 3.63) is 41.2 Å². The van der Waals surface area contributed by atoms with Crippen LogP contribution in [0.4, 0.5) is 14.6 Å². The number of ether oxygens (including phenoxy) is 1. The van der Waals surface area contributed by atoms with Gasteiger partial charge >= 0.3 is 0 Å². The Morgan fingerprint density at radius 1 is 1.16 bits per heavy atom. The van der Waals surface area contributed by atoms with Crippen molar-refractivity contribution in [3.63, 3.8) is 0 Å². The average molecular weight is 265 g/mol. The Balaban J connectivity index is 2.39. The van der Waals surface area contributed by atoms with E-state index in [2.05, 4.69) is 9.97 Å². The fourth-order valence-corrected chi connectivity index (χ4v) is 1.52. The molecule has 0 radical (unpaired) electrons. The number of hydrogen-bond acceptors (Lipinski definition) is 4. The van der Waals surface area contributed by atoms with E-state index in [9.17, 15) is 8.78 Å². The molecule has 0 spiro atoms. The molecule has 1 aromatic carbocycles. The maximum atomic E-state index is 13.1. The SMILES string of the molecule is CCc1nc(N)c(C)c(Oc2cc(F)cc(F)c2)n1. The molecule has 0 aliphatic heterocycles. The van der Waals surface area contributed by atoms with Crippen molar-refractivity contribution < 1.29 is 13.5 Å². The highest BCUT2D eigenvalue weighted by Gasteiger charge is 2.11. The molecule has 0 saturated heterocycles. The van der Waals surface area contributed by atoms with Crippen LogP contribution in [0.5, 0.6) is 11.6 Å². The van der Waals surface area contributed by atoms with E-state index in [4.69, 9.17) is 10.5 Å². The maximum Gasteiger partial charge on any atom is 0.227 e. The summed E-state index contributed by atoms with van der Waals surface area (Å²) in [6, 6.07) is 2.92. The number of aromatic nitrogens is 2. The van der Waals surface area contributed by atoms with Gasteiger partial charge in [-0.2, -0.15) is 4.98 Å². The molecule has 100 valence electrons. The Hall–Kier alpha value is -2.24. The Morgan fingerprint density at radius 2 is 1.79 bits per heavy atom. The maximum absolute atomic E-state index is 13.1. The van der Waals surface area contributed by atoms with Gasteiger partial charge in [0.15, 0.2) is 0 Å². The second-order valence-corrected chi connectivity index (χ2v) is 4.02. The van der Waals surface area contributed by atoms with Crippen molar-refractivity contribution in [1.29, 1.82) is 0 Å². The minimum atomic E-state index is -0.717. The molecule has 0 bridgehead atoms. The summed E-state index contributed by atoms with van der Waals surface area (Å²) in [4.78, 5) is 8.22. The summed E-state index contributed by atoms with van der Waals surface area (Å²) in [5, 5.41) is 0. The van der Waals surface area contributed by atoms with Gasteiger partial charge in [0.1, 0.15) is 29.0 Å². The van der Waals surface area contributed by atoms with Crippen molar-refractivity contribution in [2.45, 2.75) is 20.3 Å². The lowest BCUT2D eigenvalue weighted by molar-refractivity contribution is 0.444. The Morgan fingerprint density at radius 3 is 2.37 bits per heavy atom. The number of rotatable bonds is 3. The fraction of sp³-hybridized carbons (Fsp3) is 0.231. The van der Waals surface area contributed by atoms with Crippen LogP contribution in [0.25, 0.3) is 0 Å². The highest BCUT2D eigenvalue weighted by atomic mass is 19.1. The Labute approximate surface area is 109 Å². The number of benzene rings is 1. The van der Waals surface area contributed by atoms with Crippen molar-refractivity contribution >= 4 is 5.82 Å². The van der Waals surface area contributed by atoms with E-state index in [1.807, 2.05) is 6.92 Å². The van der Waals surface area contributed by atoms with Crippen LogP contribution in [0, 0.1) is 18.6 Å². The molecule has 0 aliphatic rings. The zero-order valence-electron chi connectivity index (χ0n) is 10.6. The molecule has 2 N–H and O–H groups in total. The van der Waals surface area contributed by atoms with E-state index in [1.165, 1.54) is 0 Å². The van der Waals surface area contributed by atoms with Crippen LogP contribution in [-0.4, -0.2) is 9.97 Å². The monoisotopic (exact) mass is 265 g/mol. The summed E-state index contributed by atoms with van der Waals surface area (Å²) in [5.74, 6) is -0.403. The number of nitrogen functional groups attached to an aromatic ring is 1. The van der Waals surface area contributed by atoms with E-state index in [0.717, 1.165) is 18.2 Å². The molecule has 2 rings (SSSR count). The van der Waals surface area contributed by atoms with Gasteiger partial charge in [0.2, 0.25) is 5.88 Å². The predicted molar refractivity (Wildman–Crippen MR) is 67.0 cm³/mol. The summed E-state index contributed by atoms with van der Waals surface area (Å²) >= 11 is 0. The van der Waals surface area contributed by atoms with E-state index < -0.39 is 11.6 Å². The second-order valence-electron chi connectivity index (χ2n) is 4.02. The van der Waals surface area contributed by atoms with Gasteiger partial charge in [-0.15, -0.1) is 0 Å². The molecule has 0 aliphatic carbocycles. The topological polar surface area (TPSA) is 61.0 Å². The summed E-state index contributed by atoms with van der Waals surface area (Å²) in [5.41, 5.74) is 6.26. The molecular formula is C13H13F2N3O. The molecule has 1 heterocycles. The van der Waals surface area contributed by atoms with Gasteiger partial charge in [-0.1, -0.05) is 6.92 Å². The normalized spacial score (nSPS) is 10.5. The van der Waals surface area contributed by atoms with Gasteiger partial charge < -0.3 is 10.5 Å². The molecule has 2 aromatic rings. The lowest BCUT2D eigenvalue weighted by Crippen LogP contribution is -2.04. The number of nitrogens with two attached hydrogens (primary N) is 1. The third kappa shape index (κ3) is 2.96. The van der Waals surface area contributed by atoms with Gasteiger partial charge in [-0.25, -0.2) is 13.8 Å². The zero-order valence-corrected chi connectivity index (χ0v) is 10.6. The quantitative estimate of drug-likeness (QED) is 0.926. The first-order chi connectivity index (χ1) is 8.99. The lowest BCUT2D eigenvalue weighted by atomic mass is 10.3. The first-order valence-corrected chi connectivity index (χ1v) is 5.76. The predicted octanol–water partition coefficient (Wildman–Crippen LogP) is 3.00. The second kappa shape index (κ2) is 5.17. The van der Waals surface area contributed by atoms with Crippen LogP contribution in [0.15, 0.2) is 18.2 Å². The van der Waals surface area contributed by atoms with Crippen LogP contribution in [-0.2, 0) is 6.42 Å².